The van der Waals surface area contributed by atoms with Crippen LogP contribution in [-0.4, -0.2) is 12.5 Å². The lowest BCUT2D eigenvalue weighted by molar-refractivity contribution is -0.115. The molecule has 1 amide bonds. The maximum atomic E-state index is 11.4. The predicted molar refractivity (Wildman–Crippen MR) is 73.5 cm³/mol. The van der Waals surface area contributed by atoms with E-state index >= 15 is 0 Å². The second-order valence-electron chi connectivity index (χ2n) is 4.16. The third-order valence-electron chi connectivity index (χ3n) is 2.77. The third-order valence-corrected chi connectivity index (χ3v) is 2.77. The van der Waals surface area contributed by atoms with Crippen molar-refractivity contribution in [1.82, 2.24) is 0 Å². The predicted octanol–water partition coefficient (Wildman–Crippen LogP) is 3.56. The molecule has 94 valence electrons. The van der Waals surface area contributed by atoms with Crippen molar-refractivity contribution in [2.45, 2.75) is 40.0 Å². The summed E-state index contributed by atoms with van der Waals surface area (Å²) in [4.78, 5) is 11.4. The first-order valence-electron chi connectivity index (χ1n) is 6.32. The molecule has 1 aromatic carbocycles. The molecule has 0 bridgehead atoms. The van der Waals surface area contributed by atoms with Gasteiger partial charge >= 0.3 is 0 Å². The molecule has 0 aromatic heterocycles. The van der Waals surface area contributed by atoms with Gasteiger partial charge in [-0.15, -0.1) is 0 Å². The average Bonchev–Trinajstić information content (AvgIpc) is 2.34. The highest BCUT2D eigenvalue weighted by Gasteiger charge is 2.05. The number of rotatable bonds is 6. The molecule has 1 aromatic rings. The highest BCUT2D eigenvalue weighted by Crippen LogP contribution is 2.23. The number of carbonyl (C=O) groups is 1. The van der Waals surface area contributed by atoms with Crippen LogP contribution in [0.1, 0.15) is 38.7 Å². The summed E-state index contributed by atoms with van der Waals surface area (Å²) in [5.41, 5.74) is 3.11. The van der Waals surface area contributed by atoms with E-state index in [1.807, 2.05) is 32.0 Å². The van der Waals surface area contributed by atoms with Gasteiger partial charge in [-0.1, -0.05) is 26.3 Å². The highest BCUT2D eigenvalue weighted by atomic mass is 16.1. The first kappa shape index (κ1) is 13.6. The fourth-order valence-electron chi connectivity index (χ4n) is 1.60. The quantitative estimate of drug-likeness (QED) is 0.739. The highest BCUT2D eigenvalue weighted by molar-refractivity contribution is 5.92. The summed E-state index contributed by atoms with van der Waals surface area (Å²) < 4.78 is 0. The zero-order valence-electron chi connectivity index (χ0n) is 11.0. The van der Waals surface area contributed by atoms with Crippen molar-refractivity contribution in [1.29, 1.82) is 0 Å². The van der Waals surface area contributed by atoms with E-state index in [2.05, 4.69) is 17.6 Å². The summed E-state index contributed by atoms with van der Waals surface area (Å²) in [6.07, 6.45) is 2.84. The average molecular weight is 234 g/mol. The lowest BCUT2D eigenvalue weighted by Crippen LogP contribution is -2.11. The molecule has 1 rings (SSSR count). The Labute approximate surface area is 104 Å². The molecule has 0 spiro atoms. The van der Waals surface area contributed by atoms with Crippen LogP contribution >= 0.6 is 0 Å². The Balaban J connectivity index is 2.72. The number of hydrogen-bond donors (Lipinski definition) is 2. The Morgan fingerprint density at radius 1 is 1.24 bits per heavy atom. The number of amides is 1. The number of nitrogens with one attached hydrogen (secondary N) is 2. The van der Waals surface area contributed by atoms with Crippen LogP contribution in [0.2, 0.25) is 0 Å². The van der Waals surface area contributed by atoms with Crippen LogP contribution in [0.15, 0.2) is 18.2 Å². The van der Waals surface area contributed by atoms with Crippen molar-refractivity contribution in [3.05, 3.63) is 23.8 Å². The topological polar surface area (TPSA) is 41.1 Å². The first-order valence-corrected chi connectivity index (χ1v) is 6.32. The van der Waals surface area contributed by atoms with Crippen LogP contribution in [-0.2, 0) is 4.79 Å². The van der Waals surface area contributed by atoms with Crippen LogP contribution in [0.4, 0.5) is 11.4 Å². The van der Waals surface area contributed by atoms with Crippen molar-refractivity contribution in [3.63, 3.8) is 0 Å². The lowest BCUT2D eigenvalue weighted by Gasteiger charge is -2.13. The Morgan fingerprint density at radius 3 is 2.59 bits per heavy atom. The van der Waals surface area contributed by atoms with Gasteiger partial charge in [0.05, 0.1) is 0 Å². The van der Waals surface area contributed by atoms with E-state index in [4.69, 9.17) is 0 Å². The standard InChI is InChI=1S/C14H22N2O/c1-4-6-10-15-12-8-7-9-13(11(12)3)16-14(17)5-2/h7-9,15H,4-6,10H2,1-3H3,(H,16,17). The molecule has 17 heavy (non-hydrogen) atoms. The van der Waals surface area contributed by atoms with E-state index in [1.54, 1.807) is 0 Å². The van der Waals surface area contributed by atoms with E-state index in [-0.39, 0.29) is 5.91 Å². The molecule has 0 aliphatic rings. The fourth-order valence-corrected chi connectivity index (χ4v) is 1.60. The smallest absolute Gasteiger partial charge is 0.224 e. The molecule has 0 saturated carbocycles. The second kappa shape index (κ2) is 6.94. The summed E-state index contributed by atoms with van der Waals surface area (Å²) in [6.45, 7) is 7.03. The maximum absolute atomic E-state index is 11.4. The van der Waals surface area contributed by atoms with Crippen LogP contribution in [0.3, 0.4) is 0 Å². The third kappa shape index (κ3) is 4.10. The molecule has 0 aliphatic carbocycles. The van der Waals surface area contributed by atoms with Gasteiger partial charge in [-0.05, 0) is 31.0 Å². The molecular weight excluding hydrogens is 212 g/mol. The van der Waals surface area contributed by atoms with E-state index in [9.17, 15) is 4.79 Å². The maximum Gasteiger partial charge on any atom is 0.224 e. The van der Waals surface area contributed by atoms with E-state index in [0.717, 1.165) is 29.9 Å². The van der Waals surface area contributed by atoms with Crippen molar-refractivity contribution in [3.8, 4) is 0 Å². The van der Waals surface area contributed by atoms with Gasteiger partial charge in [-0.3, -0.25) is 4.79 Å². The minimum absolute atomic E-state index is 0.0545. The number of unbranched alkanes of at least 4 members (excludes halogenated alkanes) is 1. The molecule has 0 atom stereocenters. The van der Waals surface area contributed by atoms with E-state index in [1.165, 1.54) is 6.42 Å². The SMILES string of the molecule is CCCCNc1cccc(NC(=O)CC)c1C. The Morgan fingerprint density at radius 2 is 1.94 bits per heavy atom. The molecule has 3 heteroatoms. The van der Waals surface area contributed by atoms with Gasteiger partial charge in [-0.25, -0.2) is 0 Å². The van der Waals surface area contributed by atoms with Gasteiger partial charge < -0.3 is 10.6 Å². The molecular formula is C14H22N2O. The van der Waals surface area contributed by atoms with Crippen molar-refractivity contribution >= 4 is 17.3 Å². The van der Waals surface area contributed by atoms with E-state index < -0.39 is 0 Å². The van der Waals surface area contributed by atoms with Crippen LogP contribution < -0.4 is 10.6 Å². The summed E-state index contributed by atoms with van der Waals surface area (Å²) in [5, 5.41) is 6.31. The molecule has 0 unspecified atom stereocenters. The summed E-state index contributed by atoms with van der Waals surface area (Å²) in [7, 11) is 0. The van der Waals surface area contributed by atoms with Crippen LogP contribution in [0.25, 0.3) is 0 Å². The number of benzene rings is 1. The molecule has 2 N–H and O–H groups in total. The molecule has 0 radical (unpaired) electrons. The zero-order valence-corrected chi connectivity index (χ0v) is 11.0. The lowest BCUT2D eigenvalue weighted by atomic mass is 10.1. The summed E-state index contributed by atoms with van der Waals surface area (Å²) in [5.74, 6) is 0.0545. The number of anilines is 2. The molecule has 3 nitrogen and oxygen atoms in total. The Kier molecular flexibility index (Phi) is 5.53. The summed E-state index contributed by atoms with van der Waals surface area (Å²) in [6, 6.07) is 5.95. The van der Waals surface area contributed by atoms with Gasteiger partial charge in [0.25, 0.3) is 0 Å². The minimum Gasteiger partial charge on any atom is -0.385 e. The number of carbonyl (C=O) groups excluding carboxylic acids is 1. The second-order valence-corrected chi connectivity index (χ2v) is 4.16. The normalized spacial score (nSPS) is 10.1. The van der Waals surface area contributed by atoms with Gasteiger partial charge in [0, 0.05) is 24.3 Å². The van der Waals surface area contributed by atoms with Gasteiger partial charge in [0.1, 0.15) is 0 Å². The molecule has 0 saturated heterocycles. The number of hydrogen-bond acceptors (Lipinski definition) is 2. The largest absolute Gasteiger partial charge is 0.385 e. The van der Waals surface area contributed by atoms with Gasteiger partial charge in [0.15, 0.2) is 0 Å². The molecule has 0 fully saturated rings. The molecule has 0 aliphatic heterocycles. The van der Waals surface area contributed by atoms with Crippen molar-refractivity contribution < 1.29 is 4.79 Å². The van der Waals surface area contributed by atoms with Crippen molar-refractivity contribution in [2.75, 3.05) is 17.2 Å². The molecule has 0 heterocycles. The van der Waals surface area contributed by atoms with Crippen molar-refractivity contribution in [2.24, 2.45) is 0 Å². The van der Waals surface area contributed by atoms with Gasteiger partial charge in [-0.2, -0.15) is 0 Å². The Hall–Kier alpha value is -1.51. The fraction of sp³-hybridized carbons (Fsp3) is 0.500. The van der Waals surface area contributed by atoms with E-state index in [0.29, 0.717) is 6.42 Å². The Bertz CT molecular complexity index is 374. The van der Waals surface area contributed by atoms with Gasteiger partial charge in [0.2, 0.25) is 5.91 Å². The van der Waals surface area contributed by atoms with Crippen LogP contribution in [0.5, 0.6) is 0 Å². The monoisotopic (exact) mass is 234 g/mol. The zero-order chi connectivity index (χ0) is 12.7. The van der Waals surface area contributed by atoms with Crippen LogP contribution in [0, 0.1) is 6.92 Å². The minimum atomic E-state index is 0.0545. The first-order chi connectivity index (χ1) is 8.19. The summed E-state index contributed by atoms with van der Waals surface area (Å²) >= 11 is 0.